The van der Waals surface area contributed by atoms with Crippen LogP contribution in [0.25, 0.3) is 0 Å². The number of methoxy groups -OCH3 is 2. The van der Waals surface area contributed by atoms with Gasteiger partial charge in [0.1, 0.15) is 16.0 Å². The molecule has 4 heteroatoms. The Labute approximate surface area is 80.4 Å². The molecule has 0 amide bonds. The molecule has 1 aromatic rings. The van der Waals surface area contributed by atoms with Gasteiger partial charge in [-0.15, -0.1) is 0 Å². The lowest BCUT2D eigenvalue weighted by Crippen LogP contribution is -1.88. The molecule has 0 bridgehead atoms. The van der Waals surface area contributed by atoms with Crippen molar-refractivity contribution in [3.8, 4) is 11.5 Å². The molecule has 3 N–H and O–H groups in total. The van der Waals surface area contributed by atoms with Crippen LogP contribution < -0.4 is 15.6 Å². The van der Waals surface area contributed by atoms with Crippen LogP contribution in [-0.4, -0.2) is 14.2 Å². The van der Waals surface area contributed by atoms with Crippen LogP contribution in [0, 0.1) is 0 Å². The molecular weight excluding hydrogens is 222 g/mol. The molecule has 0 unspecified atom stereocenters. The minimum atomic E-state index is 0. The number of halogens is 1. The zero-order valence-electron chi connectivity index (χ0n) is 7.13. The summed E-state index contributed by atoms with van der Waals surface area (Å²) in [6, 6.07) is 5.61. The fourth-order valence-corrected chi connectivity index (χ4v) is 1.39. The van der Waals surface area contributed by atoms with Crippen molar-refractivity contribution in [3.05, 3.63) is 22.7 Å². The summed E-state index contributed by atoms with van der Waals surface area (Å²) in [7, 11) is 3.25. The highest BCUT2D eigenvalue weighted by molar-refractivity contribution is 9.10. The standard InChI is InChI=1S/C8H9BrO2.H3N/c1-10-6-4-3-5-7(11-2)8(6)9;/h3-5H,1-2H3;1H3. The molecule has 0 aliphatic heterocycles. The minimum Gasteiger partial charge on any atom is -0.495 e. The van der Waals surface area contributed by atoms with E-state index in [0.717, 1.165) is 16.0 Å². The van der Waals surface area contributed by atoms with Gasteiger partial charge in [-0.05, 0) is 28.1 Å². The van der Waals surface area contributed by atoms with Crippen molar-refractivity contribution < 1.29 is 9.47 Å². The second-order valence-electron chi connectivity index (χ2n) is 1.98. The van der Waals surface area contributed by atoms with Gasteiger partial charge in [-0.3, -0.25) is 0 Å². The van der Waals surface area contributed by atoms with Crippen LogP contribution in [0.4, 0.5) is 0 Å². The van der Waals surface area contributed by atoms with Gasteiger partial charge in [-0.1, -0.05) is 6.07 Å². The summed E-state index contributed by atoms with van der Waals surface area (Å²) in [5.74, 6) is 1.56. The maximum absolute atomic E-state index is 5.06. The molecule has 68 valence electrons. The number of ether oxygens (including phenoxy) is 2. The summed E-state index contributed by atoms with van der Waals surface area (Å²) >= 11 is 3.35. The first-order valence-corrected chi connectivity index (χ1v) is 3.95. The zero-order chi connectivity index (χ0) is 8.27. The molecule has 0 saturated carbocycles. The van der Waals surface area contributed by atoms with Gasteiger partial charge in [0.25, 0.3) is 0 Å². The number of hydrogen-bond acceptors (Lipinski definition) is 3. The molecule has 1 rings (SSSR count). The molecule has 0 heterocycles. The van der Waals surface area contributed by atoms with E-state index in [1.807, 2.05) is 18.2 Å². The van der Waals surface area contributed by atoms with E-state index in [4.69, 9.17) is 9.47 Å². The largest absolute Gasteiger partial charge is 0.495 e. The Morgan fingerprint density at radius 2 is 1.50 bits per heavy atom. The Morgan fingerprint density at radius 3 is 1.83 bits per heavy atom. The Kier molecular flexibility index (Phi) is 4.70. The lowest BCUT2D eigenvalue weighted by molar-refractivity contribution is 0.389. The van der Waals surface area contributed by atoms with Crippen molar-refractivity contribution in [1.82, 2.24) is 6.15 Å². The normalized spacial score (nSPS) is 8.58. The first-order valence-electron chi connectivity index (χ1n) is 3.16. The van der Waals surface area contributed by atoms with Crippen molar-refractivity contribution in [2.75, 3.05) is 14.2 Å². The molecule has 0 fully saturated rings. The van der Waals surface area contributed by atoms with Crippen LogP contribution in [0.15, 0.2) is 22.7 Å². The van der Waals surface area contributed by atoms with Crippen LogP contribution in [-0.2, 0) is 0 Å². The van der Waals surface area contributed by atoms with E-state index in [1.54, 1.807) is 14.2 Å². The van der Waals surface area contributed by atoms with Crippen molar-refractivity contribution in [2.45, 2.75) is 0 Å². The van der Waals surface area contributed by atoms with Gasteiger partial charge in [0.05, 0.1) is 14.2 Å². The molecular formula is C8H12BrNO2. The average molecular weight is 234 g/mol. The van der Waals surface area contributed by atoms with E-state index in [-0.39, 0.29) is 6.15 Å². The van der Waals surface area contributed by atoms with Crippen LogP contribution in [0.5, 0.6) is 11.5 Å². The smallest absolute Gasteiger partial charge is 0.136 e. The van der Waals surface area contributed by atoms with Crippen LogP contribution in [0.2, 0.25) is 0 Å². The average Bonchev–Trinajstić information content (AvgIpc) is 2.05. The molecule has 0 aliphatic rings. The van der Waals surface area contributed by atoms with E-state index in [0.29, 0.717) is 0 Å². The molecule has 0 radical (unpaired) electrons. The summed E-state index contributed by atoms with van der Waals surface area (Å²) in [5.41, 5.74) is 0. The first kappa shape index (κ1) is 11.3. The SMILES string of the molecule is COc1cccc(OC)c1Br.N. The molecule has 0 spiro atoms. The highest BCUT2D eigenvalue weighted by atomic mass is 79.9. The second-order valence-corrected chi connectivity index (χ2v) is 2.77. The molecule has 1 aromatic carbocycles. The summed E-state index contributed by atoms with van der Waals surface area (Å²) in [6.45, 7) is 0. The van der Waals surface area contributed by atoms with E-state index in [2.05, 4.69) is 15.9 Å². The fourth-order valence-electron chi connectivity index (χ4n) is 0.806. The fraction of sp³-hybridized carbons (Fsp3) is 0.250. The summed E-state index contributed by atoms with van der Waals surface area (Å²) < 4.78 is 11.0. The maximum Gasteiger partial charge on any atom is 0.136 e. The van der Waals surface area contributed by atoms with Crippen LogP contribution in [0.3, 0.4) is 0 Å². The van der Waals surface area contributed by atoms with E-state index < -0.39 is 0 Å². The molecule has 12 heavy (non-hydrogen) atoms. The van der Waals surface area contributed by atoms with Gasteiger partial charge in [0.15, 0.2) is 0 Å². The van der Waals surface area contributed by atoms with Crippen molar-refractivity contribution in [3.63, 3.8) is 0 Å². The lowest BCUT2D eigenvalue weighted by atomic mass is 10.3. The van der Waals surface area contributed by atoms with Gasteiger partial charge in [0.2, 0.25) is 0 Å². The third-order valence-electron chi connectivity index (χ3n) is 1.37. The van der Waals surface area contributed by atoms with E-state index >= 15 is 0 Å². The minimum absolute atomic E-state index is 0. The third-order valence-corrected chi connectivity index (χ3v) is 2.15. The van der Waals surface area contributed by atoms with Crippen LogP contribution >= 0.6 is 15.9 Å². The lowest BCUT2D eigenvalue weighted by Gasteiger charge is -2.06. The number of rotatable bonds is 2. The van der Waals surface area contributed by atoms with E-state index in [1.165, 1.54) is 0 Å². The quantitative estimate of drug-likeness (QED) is 0.855. The molecule has 0 aromatic heterocycles. The van der Waals surface area contributed by atoms with Crippen LogP contribution in [0.1, 0.15) is 0 Å². The van der Waals surface area contributed by atoms with Gasteiger partial charge in [0, 0.05) is 0 Å². The number of hydrogen-bond donors (Lipinski definition) is 1. The highest BCUT2D eigenvalue weighted by Gasteiger charge is 2.04. The Morgan fingerprint density at radius 1 is 1.08 bits per heavy atom. The van der Waals surface area contributed by atoms with Crippen molar-refractivity contribution >= 4 is 15.9 Å². The van der Waals surface area contributed by atoms with Crippen molar-refractivity contribution in [1.29, 1.82) is 0 Å². The Hall–Kier alpha value is -0.740. The molecule has 3 nitrogen and oxygen atoms in total. The topological polar surface area (TPSA) is 53.5 Å². The van der Waals surface area contributed by atoms with E-state index in [9.17, 15) is 0 Å². The van der Waals surface area contributed by atoms with Crippen molar-refractivity contribution in [2.24, 2.45) is 0 Å². The second kappa shape index (κ2) is 5.00. The number of benzene rings is 1. The monoisotopic (exact) mass is 233 g/mol. The maximum atomic E-state index is 5.06. The van der Waals surface area contributed by atoms with Gasteiger partial charge < -0.3 is 15.6 Å². The van der Waals surface area contributed by atoms with Gasteiger partial charge in [-0.25, -0.2) is 0 Å². The molecule has 0 saturated heterocycles. The Bertz CT molecular complexity index is 231. The summed E-state index contributed by atoms with van der Waals surface area (Å²) in [5, 5.41) is 0. The summed E-state index contributed by atoms with van der Waals surface area (Å²) in [6.07, 6.45) is 0. The third kappa shape index (κ3) is 2.12. The first-order chi connectivity index (χ1) is 5.29. The van der Waals surface area contributed by atoms with Gasteiger partial charge >= 0.3 is 0 Å². The highest BCUT2D eigenvalue weighted by Crippen LogP contribution is 2.33. The molecule has 0 aliphatic carbocycles. The molecule has 0 atom stereocenters. The predicted octanol–water partition coefficient (Wildman–Crippen LogP) is 2.63. The van der Waals surface area contributed by atoms with Gasteiger partial charge in [-0.2, -0.15) is 0 Å². The zero-order valence-corrected chi connectivity index (χ0v) is 8.72. The predicted molar refractivity (Wildman–Crippen MR) is 52.3 cm³/mol. The Balaban J connectivity index is 0.00000121. The summed E-state index contributed by atoms with van der Waals surface area (Å²) in [4.78, 5) is 0.